The summed E-state index contributed by atoms with van der Waals surface area (Å²) in [4.78, 5) is 0. The molecule has 0 aromatic heterocycles. The van der Waals surface area contributed by atoms with Crippen molar-refractivity contribution in [2.45, 2.75) is 194 Å². The first-order valence-electron chi connectivity index (χ1n) is 29.5. The van der Waals surface area contributed by atoms with Gasteiger partial charge in [-0.15, -0.1) is 0 Å². The van der Waals surface area contributed by atoms with Gasteiger partial charge in [-0.3, -0.25) is 0 Å². The van der Waals surface area contributed by atoms with E-state index < -0.39 is 0 Å². The first kappa shape index (κ1) is 50.1. The maximum absolute atomic E-state index is 2.53. The van der Waals surface area contributed by atoms with Gasteiger partial charge in [0.05, 0.1) is 0 Å². The van der Waals surface area contributed by atoms with Crippen LogP contribution in [0.25, 0.3) is 66.8 Å². The van der Waals surface area contributed by atoms with E-state index in [1.807, 2.05) is 0 Å². The van der Waals surface area contributed by atoms with Crippen molar-refractivity contribution in [2.24, 2.45) is 0 Å². The van der Waals surface area contributed by atoms with Gasteiger partial charge >= 0.3 is 0 Å². The average Bonchev–Trinajstić information content (AvgIpc) is 4.11. The second-order valence-electron chi connectivity index (χ2n) is 22.4. The van der Waals surface area contributed by atoms with Crippen LogP contribution in [0.4, 0.5) is 0 Å². The summed E-state index contributed by atoms with van der Waals surface area (Å²) in [5, 5.41) is 0. The molecule has 3 aliphatic rings. The third kappa shape index (κ3) is 11.5. The van der Waals surface area contributed by atoms with Crippen molar-refractivity contribution in [3.8, 4) is 66.8 Å². The number of aryl methyl sites for hydroxylation is 3. The first-order valence-corrected chi connectivity index (χ1v) is 29.5. The molecule has 0 radical (unpaired) electrons. The molecule has 72 heavy (non-hydrogen) atoms. The van der Waals surface area contributed by atoms with Gasteiger partial charge in [0, 0.05) is 0 Å². The summed E-state index contributed by atoms with van der Waals surface area (Å²) < 4.78 is 0. The monoisotopic (exact) mass is 949 g/mol. The first-order chi connectivity index (χ1) is 35.6. The minimum atomic E-state index is 0.999. The highest BCUT2D eigenvalue weighted by Crippen LogP contribution is 2.57. The van der Waals surface area contributed by atoms with Crippen LogP contribution >= 0.6 is 0 Å². The second-order valence-corrected chi connectivity index (χ2v) is 22.4. The maximum Gasteiger partial charge on any atom is -0.000684 e. The summed E-state index contributed by atoms with van der Waals surface area (Å²) in [6, 6.07) is 50.9. The quantitative estimate of drug-likeness (QED) is 0.0451. The van der Waals surface area contributed by atoms with Gasteiger partial charge < -0.3 is 0 Å². The zero-order valence-corrected chi connectivity index (χ0v) is 44.7. The van der Waals surface area contributed by atoms with Crippen LogP contribution in [-0.4, -0.2) is 0 Å². The lowest BCUT2D eigenvalue weighted by Gasteiger charge is -2.17. The Morgan fingerprint density at radius 2 is 0.486 bits per heavy atom. The van der Waals surface area contributed by atoms with E-state index in [-0.39, 0.29) is 0 Å². The molecule has 372 valence electrons. The Hall–Kier alpha value is -5.46. The minimum Gasteiger partial charge on any atom is -0.0654 e. The van der Waals surface area contributed by atoms with Crippen molar-refractivity contribution in [1.29, 1.82) is 0 Å². The van der Waals surface area contributed by atoms with Gasteiger partial charge in [-0.25, -0.2) is 0 Å². The standard InChI is InChI=1S/C72H84/c1-4-7-10-13-16-19-22-25-52-28-34-55(35-29-52)58-40-43-64-61(46-58)49-67-70(64)68-50-62-47-60(57-38-32-54(33-39-57)27-24-21-18-15-12-9-6-3)42-45-66(62)72(68)69-51-63-48-59(41-44-65(63)71(67)69)56-36-30-53(31-37-56)26-23-20-17-14-11-8-5-2/h28-48H,4-27,49-51H2,1-3H3. The highest BCUT2D eigenvalue weighted by Gasteiger charge is 2.37. The normalized spacial score (nSPS) is 12.7. The van der Waals surface area contributed by atoms with E-state index in [0.29, 0.717) is 0 Å². The molecule has 0 amide bonds. The lowest BCUT2D eigenvalue weighted by atomic mass is 9.86. The Labute approximate surface area is 436 Å². The molecule has 0 heterocycles. The van der Waals surface area contributed by atoms with Gasteiger partial charge in [0.15, 0.2) is 0 Å². The molecule has 0 fully saturated rings. The van der Waals surface area contributed by atoms with Crippen molar-refractivity contribution in [2.75, 3.05) is 0 Å². The fraction of sp³-hybridized carbons (Fsp3) is 0.417. The van der Waals surface area contributed by atoms with Gasteiger partial charge in [-0.1, -0.05) is 264 Å². The van der Waals surface area contributed by atoms with Crippen LogP contribution in [0.3, 0.4) is 0 Å². The summed E-state index contributed by atoms with van der Waals surface area (Å²) in [5.41, 5.74) is 30.5. The minimum absolute atomic E-state index is 0.999. The molecule has 0 N–H and O–H groups in total. The largest absolute Gasteiger partial charge is 0.0654 e. The van der Waals surface area contributed by atoms with Crippen LogP contribution in [0.15, 0.2) is 127 Å². The van der Waals surface area contributed by atoms with Crippen LogP contribution in [0.2, 0.25) is 0 Å². The number of hydrogen-bond donors (Lipinski definition) is 0. The molecule has 0 nitrogen and oxygen atoms in total. The molecule has 3 aliphatic carbocycles. The van der Waals surface area contributed by atoms with Crippen molar-refractivity contribution < 1.29 is 0 Å². The lowest BCUT2D eigenvalue weighted by molar-refractivity contribution is 0.589. The summed E-state index contributed by atoms with van der Waals surface area (Å²) in [7, 11) is 0. The third-order valence-corrected chi connectivity index (χ3v) is 17.1. The molecule has 0 bridgehead atoms. The average molecular weight is 949 g/mol. The van der Waals surface area contributed by atoms with E-state index in [2.05, 4.69) is 148 Å². The highest BCUT2D eigenvalue weighted by molar-refractivity contribution is 6.01. The van der Waals surface area contributed by atoms with E-state index >= 15 is 0 Å². The highest BCUT2D eigenvalue weighted by atomic mass is 14.4. The third-order valence-electron chi connectivity index (χ3n) is 17.1. The fourth-order valence-corrected chi connectivity index (χ4v) is 12.9. The summed E-state index contributed by atoms with van der Waals surface area (Å²) in [6.45, 7) is 6.91. The molecule has 0 spiro atoms. The van der Waals surface area contributed by atoms with Crippen molar-refractivity contribution >= 4 is 0 Å². The van der Waals surface area contributed by atoms with Crippen molar-refractivity contribution in [3.63, 3.8) is 0 Å². The van der Waals surface area contributed by atoms with Crippen LogP contribution < -0.4 is 0 Å². The van der Waals surface area contributed by atoms with Crippen LogP contribution in [-0.2, 0) is 38.5 Å². The van der Waals surface area contributed by atoms with Gasteiger partial charge in [-0.05, 0) is 175 Å². The molecule has 0 saturated heterocycles. The topological polar surface area (TPSA) is 0 Å². The van der Waals surface area contributed by atoms with Crippen LogP contribution in [0.1, 0.15) is 206 Å². The molecule has 0 unspecified atom stereocenters. The Kier molecular flexibility index (Phi) is 17.1. The van der Waals surface area contributed by atoms with E-state index in [4.69, 9.17) is 0 Å². The Balaban J connectivity index is 0.908. The molecule has 0 atom stereocenters. The SMILES string of the molecule is CCCCCCCCCc1ccc(-c2ccc3c(c2)Cc2c-3c3c(c4c2-c2ccc(-c5ccc(CCCCCCCCC)cc5)cc2C4)-c2ccc(-c4ccc(CCCCCCCCC)cc4)cc2C3)cc1. The molecule has 10 rings (SSSR count). The Morgan fingerprint density at radius 3 is 0.750 bits per heavy atom. The van der Waals surface area contributed by atoms with E-state index in [9.17, 15) is 0 Å². The van der Waals surface area contributed by atoms with Crippen LogP contribution in [0, 0.1) is 0 Å². The Morgan fingerprint density at radius 1 is 0.250 bits per heavy atom. The molecular formula is C72H84. The molecule has 0 saturated carbocycles. The molecule has 0 aliphatic heterocycles. The molecule has 7 aromatic rings. The second kappa shape index (κ2) is 24.5. The smallest absolute Gasteiger partial charge is 0.000684 e. The molecule has 7 aromatic carbocycles. The summed E-state index contributed by atoms with van der Waals surface area (Å²) in [5.74, 6) is 0. The van der Waals surface area contributed by atoms with E-state index in [1.54, 1.807) is 16.7 Å². The zero-order valence-electron chi connectivity index (χ0n) is 44.7. The number of benzene rings is 7. The van der Waals surface area contributed by atoms with E-state index in [0.717, 1.165) is 19.3 Å². The number of hydrogen-bond acceptors (Lipinski definition) is 0. The predicted octanol–water partition coefficient (Wildman–Crippen LogP) is 21.3. The predicted molar refractivity (Wildman–Crippen MR) is 313 cm³/mol. The Bertz CT molecular complexity index is 2550. The van der Waals surface area contributed by atoms with E-state index in [1.165, 1.54) is 254 Å². The van der Waals surface area contributed by atoms with Crippen molar-refractivity contribution in [3.05, 3.63) is 177 Å². The van der Waals surface area contributed by atoms with Crippen molar-refractivity contribution in [1.82, 2.24) is 0 Å². The van der Waals surface area contributed by atoms with Crippen LogP contribution in [0.5, 0.6) is 0 Å². The van der Waals surface area contributed by atoms with Gasteiger partial charge in [0.2, 0.25) is 0 Å². The molecular weight excluding hydrogens is 865 g/mol. The number of unbranched alkanes of at least 4 members (excludes halogenated alkanes) is 18. The van der Waals surface area contributed by atoms with Gasteiger partial charge in [0.25, 0.3) is 0 Å². The molecule has 0 heteroatoms. The van der Waals surface area contributed by atoms with Gasteiger partial charge in [-0.2, -0.15) is 0 Å². The summed E-state index contributed by atoms with van der Waals surface area (Å²) >= 11 is 0. The van der Waals surface area contributed by atoms with Gasteiger partial charge in [0.1, 0.15) is 0 Å². The zero-order chi connectivity index (χ0) is 49.1. The lowest BCUT2D eigenvalue weighted by Crippen LogP contribution is -1.96. The number of rotatable bonds is 27. The summed E-state index contributed by atoms with van der Waals surface area (Å²) in [6.07, 6.45) is 35.1. The maximum atomic E-state index is 2.53. The number of fused-ring (bicyclic) bond motifs is 12. The fourth-order valence-electron chi connectivity index (χ4n) is 12.9.